The van der Waals surface area contributed by atoms with Gasteiger partial charge in [0, 0.05) is 29.3 Å². The maximum Gasteiger partial charge on any atom is 0.415 e. The predicted molar refractivity (Wildman–Crippen MR) is 81.9 cm³/mol. The minimum absolute atomic E-state index is 0.456. The highest BCUT2D eigenvalue weighted by Crippen LogP contribution is 2.25. The van der Waals surface area contributed by atoms with Gasteiger partial charge in [-0.25, -0.2) is 9.78 Å². The van der Waals surface area contributed by atoms with Gasteiger partial charge in [-0.05, 0) is 48.8 Å². The molecule has 0 aliphatic carbocycles. The van der Waals surface area contributed by atoms with E-state index < -0.39 is 11.7 Å². The molecule has 0 fully saturated rings. The Morgan fingerprint density at radius 3 is 2.70 bits per heavy atom. The molecule has 0 spiro atoms. The molecule has 2 rings (SSSR count). The lowest BCUT2D eigenvalue weighted by Gasteiger charge is -2.24. The molecule has 5 nitrogen and oxygen atoms in total. The summed E-state index contributed by atoms with van der Waals surface area (Å²) >= 11 is 3.37. The molecule has 2 aromatic rings. The van der Waals surface area contributed by atoms with E-state index in [2.05, 4.69) is 25.9 Å². The molecule has 0 aromatic carbocycles. The monoisotopic (exact) mass is 337 g/mol. The first-order valence-corrected chi connectivity index (χ1v) is 6.94. The maximum absolute atomic E-state index is 12.1. The van der Waals surface area contributed by atoms with Gasteiger partial charge >= 0.3 is 6.09 Å². The molecular weight excluding hydrogens is 322 g/mol. The average molecular weight is 338 g/mol. The number of nitrogens with zero attached hydrogens (tertiary/aromatic N) is 3. The van der Waals surface area contributed by atoms with Gasteiger partial charge in [-0.2, -0.15) is 0 Å². The summed E-state index contributed by atoms with van der Waals surface area (Å²) in [5.74, 6) is 0.476. The molecule has 6 heteroatoms. The smallest absolute Gasteiger partial charge is 0.415 e. The normalized spacial score (nSPS) is 11.4. The van der Waals surface area contributed by atoms with Crippen LogP contribution in [0.1, 0.15) is 20.8 Å². The highest BCUT2D eigenvalue weighted by Gasteiger charge is 2.22. The molecule has 2 aromatic heterocycles. The summed E-state index contributed by atoms with van der Waals surface area (Å²) in [5.41, 5.74) is 0.107. The third-order valence-electron chi connectivity index (χ3n) is 2.53. The van der Waals surface area contributed by atoms with Crippen LogP contribution in [0.2, 0.25) is 0 Å². The Bertz CT molecular complexity index is 652. The summed E-state index contributed by atoms with van der Waals surface area (Å²) in [6.07, 6.45) is 2.87. The van der Waals surface area contributed by atoms with Gasteiger partial charge < -0.3 is 4.74 Å². The zero-order valence-electron chi connectivity index (χ0n) is 11.8. The second-order valence-corrected chi connectivity index (χ2v) is 6.31. The van der Waals surface area contributed by atoms with Crippen LogP contribution in [0.3, 0.4) is 0 Å². The second kappa shape index (κ2) is 5.36. The Morgan fingerprint density at radius 2 is 2.05 bits per heavy atom. The highest BCUT2D eigenvalue weighted by atomic mass is 79.9. The number of aromatic nitrogens is 2. The van der Waals surface area contributed by atoms with E-state index >= 15 is 0 Å². The lowest BCUT2D eigenvalue weighted by atomic mass is 10.2. The van der Waals surface area contributed by atoms with Crippen molar-refractivity contribution in [1.82, 2.24) is 9.97 Å². The fraction of sp³-hybridized carbons (Fsp3) is 0.357. The SMILES string of the molecule is CN(C(=O)OC(C)(C)C)c1nccc2cc(Br)cnc12. The van der Waals surface area contributed by atoms with Gasteiger partial charge in [0.1, 0.15) is 11.1 Å². The van der Waals surface area contributed by atoms with Gasteiger partial charge in [-0.3, -0.25) is 9.88 Å². The molecule has 0 N–H and O–H groups in total. The first-order valence-electron chi connectivity index (χ1n) is 6.15. The molecule has 0 aliphatic heterocycles. The largest absolute Gasteiger partial charge is 0.443 e. The Kier molecular flexibility index (Phi) is 3.94. The number of carbonyl (C=O) groups excluding carboxylic acids is 1. The van der Waals surface area contributed by atoms with Crippen LogP contribution < -0.4 is 4.90 Å². The predicted octanol–water partition coefficient (Wildman–Crippen LogP) is 3.76. The number of ether oxygens (including phenoxy) is 1. The molecule has 0 unspecified atom stereocenters. The Morgan fingerprint density at radius 1 is 1.35 bits per heavy atom. The van der Waals surface area contributed by atoms with Gasteiger partial charge in [0.15, 0.2) is 5.82 Å². The number of rotatable bonds is 1. The number of pyridine rings is 2. The highest BCUT2D eigenvalue weighted by molar-refractivity contribution is 9.10. The van der Waals surface area contributed by atoms with Crippen LogP contribution in [0.15, 0.2) is 29.0 Å². The number of amides is 1. The van der Waals surface area contributed by atoms with Crippen LogP contribution in [-0.2, 0) is 4.74 Å². The lowest BCUT2D eigenvalue weighted by molar-refractivity contribution is 0.0588. The van der Waals surface area contributed by atoms with Crippen LogP contribution in [0.5, 0.6) is 0 Å². The molecule has 20 heavy (non-hydrogen) atoms. The lowest BCUT2D eigenvalue weighted by Crippen LogP contribution is -2.34. The molecule has 1 amide bonds. The Labute approximate surface area is 126 Å². The molecule has 0 aliphatic rings. The standard InChI is InChI=1S/C14H16BrN3O2/c1-14(2,3)20-13(19)18(4)12-11-9(5-6-16-12)7-10(15)8-17-11/h5-8H,1-4H3. The van der Waals surface area contributed by atoms with Crippen LogP contribution in [0.25, 0.3) is 10.9 Å². The van der Waals surface area contributed by atoms with Crippen molar-refractivity contribution >= 4 is 38.7 Å². The molecule has 2 heterocycles. The van der Waals surface area contributed by atoms with Crippen molar-refractivity contribution < 1.29 is 9.53 Å². The number of anilines is 1. The number of hydrogen-bond donors (Lipinski definition) is 0. The number of fused-ring (bicyclic) bond motifs is 1. The third-order valence-corrected chi connectivity index (χ3v) is 2.97. The summed E-state index contributed by atoms with van der Waals surface area (Å²) < 4.78 is 6.21. The first-order chi connectivity index (χ1) is 9.28. The maximum atomic E-state index is 12.1. The van der Waals surface area contributed by atoms with Crippen molar-refractivity contribution in [2.24, 2.45) is 0 Å². The van der Waals surface area contributed by atoms with E-state index in [0.717, 1.165) is 9.86 Å². The fourth-order valence-electron chi connectivity index (χ4n) is 1.68. The molecule has 106 valence electrons. The van der Waals surface area contributed by atoms with Gasteiger partial charge in [-0.15, -0.1) is 0 Å². The van der Waals surface area contributed by atoms with Gasteiger partial charge in [0.25, 0.3) is 0 Å². The topological polar surface area (TPSA) is 55.3 Å². The van der Waals surface area contributed by atoms with Crippen molar-refractivity contribution in [3.63, 3.8) is 0 Å². The van der Waals surface area contributed by atoms with Crippen LogP contribution in [-0.4, -0.2) is 28.7 Å². The molecular formula is C14H16BrN3O2. The van der Waals surface area contributed by atoms with E-state index in [-0.39, 0.29) is 0 Å². The zero-order chi connectivity index (χ0) is 14.9. The minimum atomic E-state index is -0.549. The second-order valence-electron chi connectivity index (χ2n) is 5.40. The van der Waals surface area contributed by atoms with Crippen molar-refractivity contribution in [3.05, 3.63) is 29.0 Å². The van der Waals surface area contributed by atoms with Crippen molar-refractivity contribution in [1.29, 1.82) is 0 Å². The van der Waals surface area contributed by atoms with E-state index in [0.29, 0.717) is 11.3 Å². The van der Waals surface area contributed by atoms with Crippen LogP contribution in [0, 0.1) is 0 Å². The van der Waals surface area contributed by atoms with Gasteiger partial charge in [0.05, 0.1) is 0 Å². The summed E-state index contributed by atoms with van der Waals surface area (Å²) in [6, 6.07) is 3.77. The van der Waals surface area contributed by atoms with E-state index in [1.165, 1.54) is 4.90 Å². The van der Waals surface area contributed by atoms with Crippen molar-refractivity contribution in [2.75, 3.05) is 11.9 Å². The summed E-state index contributed by atoms with van der Waals surface area (Å²) in [4.78, 5) is 22.0. The van der Waals surface area contributed by atoms with E-state index in [4.69, 9.17) is 4.74 Å². The van der Waals surface area contributed by atoms with Crippen molar-refractivity contribution in [2.45, 2.75) is 26.4 Å². The Balaban J connectivity index is 2.40. The molecule has 0 saturated carbocycles. The van der Waals surface area contributed by atoms with Crippen molar-refractivity contribution in [3.8, 4) is 0 Å². The van der Waals surface area contributed by atoms with E-state index in [1.54, 1.807) is 19.4 Å². The zero-order valence-corrected chi connectivity index (χ0v) is 13.4. The van der Waals surface area contributed by atoms with Gasteiger partial charge in [0.2, 0.25) is 0 Å². The summed E-state index contributed by atoms with van der Waals surface area (Å²) in [5, 5.41) is 0.903. The van der Waals surface area contributed by atoms with Crippen LogP contribution in [0.4, 0.5) is 10.6 Å². The van der Waals surface area contributed by atoms with E-state index in [1.807, 2.05) is 32.9 Å². The molecule has 0 radical (unpaired) electrons. The fourth-order valence-corrected chi connectivity index (χ4v) is 2.03. The molecule has 0 atom stereocenters. The van der Waals surface area contributed by atoms with Gasteiger partial charge in [-0.1, -0.05) is 0 Å². The molecule has 0 bridgehead atoms. The molecule has 0 saturated heterocycles. The number of halogens is 1. The third kappa shape index (κ3) is 3.25. The van der Waals surface area contributed by atoms with Crippen LogP contribution >= 0.6 is 15.9 Å². The quantitative estimate of drug-likeness (QED) is 0.794. The minimum Gasteiger partial charge on any atom is -0.443 e. The number of hydrogen-bond acceptors (Lipinski definition) is 4. The number of carbonyl (C=O) groups is 1. The summed E-state index contributed by atoms with van der Waals surface area (Å²) in [7, 11) is 1.62. The first kappa shape index (κ1) is 14.7. The van der Waals surface area contributed by atoms with E-state index in [9.17, 15) is 4.79 Å². The summed E-state index contributed by atoms with van der Waals surface area (Å²) in [6.45, 7) is 5.47. The average Bonchev–Trinajstić information content (AvgIpc) is 2.34. The Hall–Kier alpha value is -1.69.